The predicted molar refractivity (Wildman–Crippen MR) is 54.1 cm³/mol. The van der Waals surface area contributed by atoms with Crippen LogP contribution in [0.3, 0.4) is 0 Å². The minimum Gasteiger partial charge on any atom is -0.461 e. The molecule has 0 spiro atoms. The lowest BCUT2D eigenvalue weighted by molar-refractivity contribution is 0.544. The fourth-order valence-electron chi connectivity index (χ4n) is 1.36. The van der Waals surface area contributed by atoms with Crippen molar-refractivity contribution >= 4 is 22.6 Å². The van der Waals surface area contributed by atoms with E-state index in [1.54, 1.807) is 6.07 Å². The van der Waals surface area contributed by atoms with Gasteiger partial charge in [-0.1, -0.05) is 18.5 Å². The third kappa shape index (κ3) is 1.70. The second-order valence-electron chi connectivity index (χ2n) is 3.06. The highest BCUT2D eigenvalue weighted by atomic mass is 35.5. The normalized spacial score (nSPS) is 10.9. The topological polar surface area (TPSA) is 13.1 Å². The van der Waals surface area contributed by atoms with Gasteiger partial charge < -0.3 is 4.42 Å². The lowest BCUT2D eigenvalue weighted by Crippen LogP contribution is -1.74. The van der Waals surface area contributed by atoms with Crippen LogP contribution in [0.15, 0.2) is 22.6 Å². The quantitative estimate of drug-likeness (QED) is 0.707. The van der Waals surface area contributed by atoms with E-state index in [1.165, 1.54) is 0 Å². The van der Waals surface area contributed by atoms with Gasteiger partial charge in [-0.2, -0.15) is 0 Å². The number of fused-ring (bicyclic) bond motifs is 1. The molecule has 0 amide bonds. The van der Waals surface area contributed by atoms with Crippen molar-refractivity contribution in [3.8, 4) is 0 Å². The molecule has 0 aliphatic rings. The molecule has 0 unspecified atom stereocenters. The number of halogens is 1. The highest BCUT2D eigenvalue weighted by Crippen LogP contribution is 2.23. The number of benzene rings is 1. The van der Waals surface area contributed by atoms with Crippen LogP contribution in [0, 0.1) is 6.07 Å². The van der Waals surface area contributed by atoms with Crippen molar-refractivity contribution in [1.29, 1.82) is 0 Å². The van der Waals surface area contributed by atoms with Crippen molar-refractivity contribution in [2.75, 3.05) is 0 Å². The van der Waals surface area contributed by atoms with E-state index in [4.69, 9.17) is 16.0 Å². The average molecular weight is 194 g/mol. The summed E-state index contributed by atoms with van der Waals surface area (Å²) < 4.78 is 5.57. The van der Waals surface area contributed by atoms with Crippen LogP contribution >= 0.6 is 11.6 Å². The van der Waals surface area contributed by atoms with Crippen molar-refractivity contribution in [3.63, 3.8) is 0 Å². The first-order valence-corrected chi connectivity index (χ1v) is 4.77. The summed E-state index contributed by atoms with van der Waals surface area (Å²) in [7, 11) is 0. The Morgan fingerprint density at radius 1 is 1.46 bits per heavy atom. The fourth-order valence-corrected chi connectivity index (χ4v) is 1.51. The van der Waals surface area contributed by atoms with Crippen LogP contribution < -0.4 is 0 Å². The molecule has 0 aliphatic heterocycles. The molecule has 67 valence electrons. The highest BCUT2D eigenvalue weighted by Gasteiger charge is 2.02. The van der Waals surface area contributed by atoms with E-state index in [0.717, 1.165) is 29.6 Å². The molecule has 0 bridgehead atoms. The maximum Gasteiger partial charge on any atom is 0.136 e. The van der Waals surface area contributed by atoms with E-state index in [0.29, 0.717) is 5.02 Å². The summed E-state index contributed by atoms with van der Waals surface area (Å²) in [4.78, 5) is 0. The van der Waals surface area contributed by atoms with Crippen LogP contribution in [0.2, 0.25) is 5.02 Å². The highest BCUT2D eigenvalue weighted by molar-refractivity contribution is 6.31. The van der Waals surface area contributed by atoms with E-state index < -0.39 is 0 Å². The van der Waals surface area contributed by atoms with Gasteiger partial charge in [-0.05, 0) is 24.6 Å². The van der Waals surface area contributed by atoms with Gasteiger partial charge in [0, 0.05) is 22.9 Å². The average Bonchev–Trinajstić information content (AvgIpc) is 2.46. The Morgan fingerprint density at radius 2 is 2.31 bits per heavy atom. The molecule has 1 aromatic carbocycles. The maximum atomic E-state index is 5.81. The smallest absolute Gasteiger partial charge is 0.136 e. The predicted octanol–water partition coefficient (Wildman–Crippen LogP) is 3.84. The van der Waals surface area contributed by atoms with Gasteiger partial charge >= 0.3 is 0 Å². The number of aryl methyl sites for hydroxylation is 1. The maximum absolute atomic E-state index is 5.81. The van der Waals surface area contributed by atoms with Gasteiger partial charge in [-0.15, -0.1) is 0 Å². The zero-order valence-corrected chi connectivity index (χ0v) is 8.19. The summed E-state index contributed by atoms with van der Waals surface area (Å²) in [6.07, 6.45) is 2.06. The monoisotopic (exact) mass is 193 g/mol. The van der Waals surface area contributed by atoms with E-state index in [9.17, 15) is 0 Å². The van der Waals surface area contributed by atoms with Crippen LogP contribution in [-0.2, 0) is 6.42 Å². The molecular formula is C11H10ClO. The molecule has 0 fully saturated rings. The van der Waals surface area contributed by atoms with Gasteiger partial charge in [-0.25, -0.2) is 0 Å². The number of furan rings is 1. The molecule has 1 heterocycles. The molecule has 0 saturated carbocycles. The Labute approximate surface area is 82.3 Å². The molecule has 1 radical (unpaired) electrons. The second-order valence-corrected chi connectivity index (χ2v) is 3.49. The van der Waals surface area contributed by atoms with E-state index in [2.05, 4.69) is 13.0 Å². The van der Waals surface area contributed by atoms with E-state index >= 15 is 0 Å². The molecule has 0 aliphatic carbocycles. The van der Waals surface area contributed by atoms with Crippen molar-refractivity contribution in [3.05, 3.63) is 35.0 Å². The van der Waals surface area contributed by atoms with Crippen LogP contribution in [0.4, 0.5) is 0 Å². The lowest BCUT2D eigenvalue weighted by Gasteiger charge is -1.88. The molecule has 2 heteroatoms. The van der Waals surface area contributed by atoms with Crippen LogP contribution in [0.1, 0.15) is 19.1 Å². The third-order valence-electron chi connectivity index (χ3n) is 1.94. The Hall–Kier alpha value is -0.950. The van der Waals surface area contributed by atoms with Crippen molar-refractivity contribution in [2.45, 2.75) is 19.8 Å². The Morgan fingerprint density at radius 3 is 3.08 bits per heavy atom. The molecule has 1 nitrogen and oxygen atoms in total. The Balaban J connectivity index is 2.49. The first-order chi connectivity index (χ1) is 6.29. The number of rotatable bonds is 2. The van der Waals surface area contributed by atoms with Crippen molar-refractivity contribution in [2.24, 2.45) is 0 Å². The first kappa shape index (κ1) is 8.64. The Kier molecular flexibility index (Phi) is 2.28. The molecule has 0 saturated heterocycles. The summed E-state index contributed by atoms with van der Waals surface area (Å²) in [6.45, 7) is 2.13. The van der Waals surface area contributed by atoms with Crippen LogP contribution in [0.5, 0.6) is 0 Å². The molecule has 1 aromatic heterocycles. The minimum absolute atomic E-state index is 0.671. The summed E-state index contributed by atoms with van der Waals surface area (Å²) in [5.41, 5.74) is 0.830. The first-order valence-electron chi connectivity index (χ1n) is 4.39. The summed E-state index contributed by atoms with van der Waals surface area (Å²) >= 11 is 5.81. The van der Waals surface area contributed by atoms with Gasteiger partial charge in [-0.3, -0.25) is 0 Å². The van der Waals surface area contributed by atoms with Gasteiger partial charge in [0.05, 0.1) is 0 Å². The molecule has 13 heavy (non-hydrogen) atoms. The van der Waals surface area contributed by atoms with Crippen molar-refractivity contribution in [1.82, 2.24) is 0 Å². The molecule has 2 aromatic rings. The molecule has 0 N–H and O–H groups in total. The van der Waals surface area contributed by atoms with Gasteiger partial charge in [0.15, 0.2) is 0 Å². The zero-order chi connectivity index (χ0) is 9.26. The Bertz CT molecular complexity index is 417. The third-order valence-corrected chi connectivity index (χ3v) is 2.16. The van der Waals surface area contributed by atoms with Gasteiger partial charge in [0.1, 0.15) is 11.3 Å². The van der Waals surface area contributed by atoms with Gasteiger partial charge in [0.2, 0.25) is 0 Å². The second kappa shape index (κ2) is 3.43. The zero-order valence-electron chi connectivity index (χ0n) is 7.43. The standard InChI is InChI=1S/C11H10ClO/c1-2-3-10-6-8-4-5-9(12)7-11(8)13-10/h5-7H,2-3H2,1H3. The van der Waals surface area contributed by atoms with Crippen molar-refractivity contribution < 1.29 is 4.42 Å². The molecular weight excluding hydrogens is 184 g/mol. The largest absolute Gasteiger partial charge is 0.461 e. The van der Waals surface area contributed by atoms with E-state index in [-0.39, 0.29) is 0 Å². The summed E-state index contributed by atoms with van der Waals surface area (Å²) in [5.74, 6) is 1.01. The summed E-state index contributed by atoms with van der Waals surface area (Å²) in [5, 5.41) is 1.68. The fraction of sp³-hybridized carbons (Fsp3) is 0.273. The molecule has 0 atom stereocenters. The summed E-state index contributed by atoms with van der Waals surface area (Å²) in [6, 6.07) is 8.68. The SMILES string of the molecule is CCCc1cc2[c]cc(Cl)cc2o1. The van der Waals surface area contributed by atoms with Crippen LogP contribution in [-0.4, -0.2) is 0 Å². The number of hydrogen-bond donors (Lipinski definition) is 0. The molecule has 2 rings (SSSR count). The number of hydrogen-bond acceptors (Lipinski definition) is 1. The lowest BCUT2D eigenvalue weighted by atomic mass is 10.2. The van der Waals surface area contributed by atoms with Gasteiger partial charge in [0.25, 0.3) is 0 Å². The van der Waals surface area contributed by atoms with Crippen LogP contribution in [0.25, 0.3) is 11.0 Å². The minimum atomic E-state index is 0.671. The van der Waals surface area contributed by atoms with E-state index in [1.807, 2.05) is 12.1 Å².